The second kappa shape index (κ2) is 4.73. The molecule has 1 aliphatic heterocycles. The molecule has 0 fully saturated rings. The molecule has 0 saturated carbocycles. The maximum Gasteiger partial charge on any atom is 0.348 e. The molecule has 2 N–H and O–H groups in total. The summed E-state index contributed by atoms with van der Waals surface area (Å²) in [7, 11) is 0. The largest absolute Gasteiger partial charge is 0.508 e. The minimum absolute atomic E-state index is 0.123. The van der Waals surface area contributed by atoms with Crippen molar-refractivity contribution in [3.8, 4) is 5.75 Å². The Balaban J connectivity index is 2.01. The topological polar surface area (TPSA) is 92.3 Å². The van der Waals surface area contributed by atoms with Crippen LogP contribution in [-0.4, -0.2) is 28.0 Å². The van der Waals surface area contributed by atoms with Crippen LogP contribution in [0.3, 0.4) is 0 Å². The number of phenolic OH excluding ortho intramolecular Hbond substituents is 1. The van der Waals surface area contributed by atoms with Gasteiger partial charge in [-0.25, -0.2) is 4.79 Å². The van der Waals surface area contributed by atoms with Gasteiger partial charge in [-0.3, -0.25) is 0 Å². The smallest absolute Gasteiger partial charge is 0.348 e. The standard InChI is InChI=1S/C14H11NO5/c16-9-5-3-8(4-6-9)12-11(10-2-1-7-19-10)13(14(17)18)20-15-12/h1-7,11,13,16H,(H,17,18). The highest BCUT2D eigenvalue weighted by atomic mass is 16.7. The van der Waals surface area contributed by atoms with Crippen molar-refractivity contribution in [3.05, 3.63) is 54.0 Å². The van der Waals surface area contributed by atoms with Crippen molar-refractivity contribution in [1.29, 1.82) is 0 Å². The van der Waals surface area contributed by atoms with Crippen LogP contribution in [-0.2, 0) is 9.63 Å². The summed E-state index contributed by atoms with van der Waals surface area (Å²) >= 11 is 0. The monoisotopic (exact) mass is 273 g/mol. The summed E-state index contributed by atoms with van der Waals surface area (Å²) in [4.78, 5) is 16.3. The van der Waals surface area contributed by atoms with E-state index in [9.17, 15) is 15.0 Å². The Bertz CT molecular complexity index is 645. The highest BCUT2D eigenvalue weighted by molar-refractivity contribution is 6.08. The minimum Gasteiger partial charge on any atom is -0.508 e. The molecule has 1 aromatic heterocycles. The highest BCUT2D eigenvalue weighted by Gasteiger charge is 2.42. The molecule has 2 atom stereocenters. The lowest BCUT2D eigenvalue weighted by Crippen LogP contribution is -2.29. The summed E-state index contributed by atoms with van der Waals surface area (Å²) < 4.78 is 5.30. The Morgan fingerprint density at radius 2 is 1.95 bits per heavy atom. The Kier molecular flexibility index (Phi) is 2.90. The first-order valence-corrected chi connectivity index (χ1v) is 5.96. The third-order valence-corrected chi connectivity index (χ3v) is 3.12. The van der Waals surface area contributed by atoms with Crippen molar-refractivity contribution in [2.75, 3.05) is 0 Å². The number of carboxylic acids is 1. The maximum atomic E-state index is 11.3. The van der Waals surface area contributed by atoms with E-state index in [1.54, 1.807) is 24.3 Å². The van der Waals surface area contributed by atoms with E-state index < -0.39 is 18.0 Å². The number of nitrogens with zero attached hydrogens (tertiary/aromatic N) is 1. The zero-order chi connectivity index (χ0) is 14.1. The molecule has 6 nitrogen and oxygen atoms in total. The number of phenols is 1. The lowest BCUT2D eigenvalue weighted by Gasteiger charge is -2.13. The Morgan fingerprint density at radius 3 is 2.55 bits per heavy atom. The molecule has 0 spiro atoms. The molecule has 2 aromatic rings. The Morgan fingerprint density at radius 1 is 1.20 bits per heavy atom. The molecule has 2 unspecified atom stereocenters. The van der Waals surface area contributed by atoms with Gasteiger partial charge in [0.2, 0.25) is 6.10 Å². The number of benzene rings is 1. The van der Waals surface area contributed by atoms with Gasteiger partial charge in [-0.15, -0.1) is 0 Å². The number of oxime groups is 1. The van der Waals surface area contributed by atoms with E-state index in [0.29, 0.717) is 17.0 Å². The normalized spacial score (nSPS) is 21.3. The average molecular weight is 273 g/mol. The Labute approximate surface area is 113 Å². The number of aliphatic carboxylic acids is 1. The molecular weight excluding hydrogens is 262 g/mol. The zero-order valence-electron chi connectivity index (χ0n) is 10.3. The van der Waals surface area contributed by atoms with Gasteiger partial charge in [0, 0.05) is 5.56 Å². The molecule has 0 aliphatic carbocycles. The van der Waals surface area contributed by atoms with Crippen LogP contribution in [0, 0.1) is 0 Å². The van der Waals surface area contributed by atoms with Crippen LogP contribution in [0.5, 0.6) is 5.75 Å². The molecule has 0 bridgehead atoms. The molecule has 3 rings (SSSR count). The van der Waals surface area contributed by atoms with E-state index in [4.69, 9.17) is 9.25 Å². The van der Waals surface area contributed by atoms with E-state index in [0.717, 1.165) is 0 Å². The maximum absolute atomic E-state index is 11.3. The summed E-state index contributed by atoms with van der Waals surface area (Å²) in [5.41, 5.74) is 1.14. The van der Waals surface area contributed by atoms with Crippen LogP contribution < -0.4 is 0 Å². The molecule has 20 heavy (non-hydrogen) atoms. The molecule has 6 heteroatoms. The van der Waals surface area contributed by atoms with E-state index in [2.05, 4.69) is 5.16 Å². The van der Waals surface area contributed by atoms with E-state index in [1.165, 1.54) is 18.4 Å². The van der Waals surface area contributed by atoms with Gasteiger partial charge in [0.25, 0.3) is 0 Å². The number of hydrogen-bond acceptors (Lipinski definition) is 5. The Hall–Kier alpha value is -2.76. The van der Waals surface area contributed by atoms with Crippen LogP contribution in [0.2, 0.25) is 0 Å². The first kappa shape index (κ1) is 12.3. The quantitative estimate of drug-likeness (QED) is 0.891. The van der Waals surface area contributed by atoms with Crippen molar-refractivity contribution in [1.82, 2.24) is 0 Å². The van der Waals surface area contributed by atoms with Crippen molar-refractivity contribution in [2.24, 2.45) is 5.16 Å². The number of carboxylic acid groups (broad SMARTS) is 1. The van der Waals surface area contributed by atoms with E-state index in [1.807, 2.05) is 0 Å². The minimum atomic E-state index is -1.12. The zero-order valence-corrected chi connectivity index (χ0v) is 10.3. The summed E-state index contributed by atoms with van der Waals surface area (Å²) in [6, 6.07) is 9.68. The second-order valence-corrected chi connectivity index (χ2v) is 4.38. The number of carbonyl (C=O) groups is 1. The highest BCUT2D eigenvalue weighted by Crippen LogP contribution is 2.33. The number of rotatable bonds is 3. The third-order valence-electron chi connectivity index (χ3n) is 3.12. The van der Waals surface area contributed by atoms with Crippen LogP contribution in [0.4, 0.5) is 0 Å². The van der Waals surface area contributed by atoms with Gasteiger partial charge in [0.1, 0.15) is 23.1 Å². The summed E-state index contributed by atoms with van der Waals surface area (Å²) in [6.45, 7) is 0. The van der Waals surface area contributed by atoms with E-state index >= 15 is 0 Å². The fraction of sp³-hybridized carbons (Fsp3) is 0.143. The molecule has 0 amide bonds. The molecule has 1 aromatic carbocycles. The SMILES string of the molecule is O=C(O)C1ON=C(c2ccc(O)cc2)C1c1ccco1. The first-order chi connectivity index (χ1) is 9.66. The van der Waals surface area contributed by atoms with Gasteiger partial charge in [0.15, 0.2) is 0 Å². The molecular formula is C14H11NO5. The predicted octanol–water partition coefficient (Wildman–Crippen LogP) is 1.96. The lowest BCUT2D eigenvalue weighted by atomic mass is 9.90. The predicted molar refractivity (Wildman–Crippen MR) is 68.6 cm³/mol. The number of hydrogen-bond donors (Lipinski definition) is 2. The van der Waals surface area contributed by atoms with Gasteiger partial charge >= 0.3 is 5.97 Å². The third kappa shape index (κ3) is 2.01. The molecule has 1 aliphatic rings. The van der Waals surface area contributed by atoms with Gasteiger partial charge in [0.05, 0.1) is 6.26 Å². The summed E-state index contributed by atoms with van der Waals surface area (Å²) in [5.74, 6) is -1.13. The van der Waals surface area contributed by atoms with Crippen molar-refractivity contribution < 1.29 is 24.3 Å². The molecule has 0 radical (unpaired) electrons. The van der Waals surface area contributed by atoms with Gasteiger partial charge < -0.3 is 19.5 Å². The van der Waals surface area contributed by atoms with Crippen LogP contribution in [0.25, 0.3) is 0 Å². The van der Waals surface area contributed by atoms with Crippen LogP contribution in [0.15, 0.2) is 52.2 Å². The lowest BCUT2D eigenvalue weighted by molar-refractivity contribution is -0.149. The van der Waals surface area contributed by atoms with Crippen molar-refractivity contribution in [2.45, 2.75) is 12.0 Å². The van der Waals surface area contributed by atoms with Crippen LogP contribution in [0.1, 0.15) is 17.2 Å². The molecule has 102 valence electrons. The van der Waals surface area contributed by atoms with Crippen LogP contribution >= 0.6 is 0 Å². The van der Waals surface area contributed by atoms with Gasteiger partial charge in [-0.1, -0.05) is 5.16 Å². The molecule has 2 heterocycles. The average Bonchev–Trinajstić information content (AvgIpc) is 3.08. The molecule has 0 saturated heterocycles. The van der Waals surface area contributed by atoms with Crippen molar-refractivity contribution in [3.63, 3.8) is 0 Å². The second-order valence-electron chi connectivity index (χ2n) is 4.38. The fourth-order valence-electron chi connectivity index (χ4n) is 2.18. The fourth-order valence-corrected chi connectivity index (χ4v) is 2.18. The number of furan rings is 1. The first-order valence-electron chi connectivity index (χ1n) is 5.96. The number of aromatic hydroxyl groups is 1. The van der Waals surface area contributed by atoms with Crippen molar-refractivity contribution >= 4 is 11.7 Å². The van der Waals surface area contributed by atoms with Gasteiger partial charge in [-0.2, -0.15) is 0 Å². The van der Waals surface area contributed by atoms with Gasteiger partial charge in [-0.05, 0) is 36.4 Å². The van der Waals surface area contributed by atoms with E-state index in [-0.39, 0.29) is 5.75 Å². The summed E-state index contributed by atoms with van der Waals surface area (Å²) in [6.07, 6.45) is 0.353. The summed E-state index contributed by atoms with van der Waals surface area (Å²) in [5, 5.41) is 22.4.